The first kappa shape index (κ1) is 11.2. The molecule has 0 aromatic carbocycles. The van der Waals surface area contributed by atoms with E-state index in [1.165, 1.54) is 25.7 Å². The molecule has 0 saturated heterocycles. The highest BCUT2D eigenvalue weighted by molar-refractivity contribution is 7.09. The summed E-state index contributed by atoms with van der Waals surface area (Å²) in [5, 5.41) is 0. The highest BCUT2D eigenvalue weighted by atomic mass is 35.6. The van der Waals surface area contributed by atoms with Crippen molar-refractivity contribution in [1.29, 1.82) is 0 Å². The number of hydrogen-bond acceptors (Lipinski definition) is 0. The topological polar surface area (TPSA) is 0 Å². The van der Waals surface area contributed by atoms with Gasteiger partial charge in [-0.1, -0.05) is 31.7 Å². The zero-order valence-corrected chi connectivity index (χ0v) is 10.3. The van der Waals surface area contributed by atoms with E-state index in [-0.39, 0.29) is 0 Å². The van der Waals surface area contributed by atoms with Gasteiger partial charge in [0.25, 0.3) is 0 Å². The molecule has 0 aromatic heterocycles. The molecule has 74 valence electrons. The maximum atomic E-state index is 6.26. The van der Waals surface area contributed by atoms with E-state index in [1.54, 1.807) is 0 Å². The summed E-state index contributed by atoms with van der Waals surface area (Å²) in [6, 6.07) is 0. The van der Waals surface area contributed by atoms with Crippen molar-refractivity contribution in [2.45, 2.75) is 45.1 Å². The molecular formula is C11H19ClSi. The summed E-state index contributed by atoms with van der Waals surface area (Å²) in [7, 11) is -0.682. The fourth-order valence-corrected chi connectivity index (χ4v) is 2.88. The standard InChI is InChI=1S/C11H19ClSi/c1-10(2)13(12)9-8-11-6-4-3-5-7-11/h3-4,9-11H,5-8H2,1-2H3. The summed E-state index contributed by atoms with van der Waals surface area (Å²) in [6.07, 6.45) is 9.74. The van der Waals surface area contributed by atoms with Crippen molar-refractivity contribution in [3.05, 3.63) is 12.2 Å². The molecule has 1 rings (SSSR count). The molecule has 0 amide bonds. The van der Waals surface area contributed by atoms with Crippen molar-refractivity contribution in [2.75, 3.05) is 0 Å². The van der Waals surface area contributed by atoms with Crippen molar-refractivity contribution in [2.24, 2.45) is 5.92 Å². The molecule has 1 atom stereocenters. The molecule has 0 fully saturated rings. The first-order valence-electron chi connectivity index (χ1n) is 5.20. The zero-order chi connectivity index (χ0) is 9.68. The van der Waals surface area contributed by atoms with Crippen LogP contribution in [0.5, 0.6) is 0 Å². The van der Waals surface area contributed by atoms with Crippen molar-refractivity contribution < 1.29 is 0 Å². The SMILES string of the molecule is CC(C)[Si](Cl)=CCC1CC=CCC1. The van der Waals surface area contributed by atoms with E-state index < -0.39 is 7.72 Å². The van der Waals surface area contributed by atoms with E-state index in [0.29, 0.717) is 5.54 Å². The van der Waals surface area contributed by atoms with E-state index >= 15 is 0 Å². The Balaban J connectivity index is 2.32. The van der Waals surface area contributed by atoms with E-state index in [0.717, 1.165) is 5.92 Å². The Hall–Kier alpha value is 0.117. The molecule has 1 aliphatic rings. The van der Waals surface area contributed by atoms with Gasteiger partial charge in [0.15, 0.2) is 0 Å². The quantitative estimate of drug-likeness (QED) is 0.381. The third kappa shape index (κ3) is 4.23. The Morgan fingerprint density at radius 3 is 2.85 bits per heavy atom. The fourth-order valence-electron chi connectivity index (χ4n) is 1.59. The predicted octanol–water partition coefficient (Wildman–Crippen LogP) is 3.76. The molecule has 2 heteroatoms. The Morgan fingerprint density at radius 2 is 2.31 bits per heavy atom. The zero-order valence-electron chi connectivity index (χ0n) is 8.59. The molecule has 0 saturated carbocycles. The molecule has 0 heterocycles. The van der Waals surface area contributed by atoms with Crippen LogP contribution in [0, 0.1) is 5.92 Å². The molecular weight excluding hydrogens is 196 g/mol. The van der Waals surface area contributed by atoms with Crippen LogP contribution in [0.1, 0.15) is 39.5 Å². The van der Waals surface area contributed by atoms with Crippen molar-refractivity contribution in [3.8, 4) is 0 Å². The van der Waals surface area contributed by atoms with Gasteiger partial charge >= 0.3 is 0 Å². The van der Waals surface area contributed by atoms with Gasteiger partial charge in [-0.15, -0.1) is 11.1 Å². The third-order valence-electron chi connectivity index (χ3n) is 2.58. The van der Waals surface area contributed by atoms with Gasteiger partial charge in [-0.25, -0.2) is 0 Å². The van der Waals surface area contributed by atoms with Crippen LogP contribution in [-0.2, 0) is 0 Å². The maximum absolute atomic E-state index is 6.26. The highest BCUT2D eigenvalue weighted by Gasteiger charge is 2.09. The van der Waals surface area contributed by atoms with Gasteiger partial charge in [-0.2, -0.15) is 0 Å². The third-order valence-corrected chi connectivity index (χ3v) is 6.08. The lowest BCUT2D eigenvalue weighted by molar-refractivity contribution is 0.502. The predicted molar refractivity (Wildman–Crippen MR) is 63.9 cm³/mol. The first-order chi connectivity index (χ1) is 6.20. The molecule has 0 bridgehead atoms. The number of hydrogen-bond donors (Lipinski definition) is 0. The van der Waals surface area contributed by atoms with Gasteiger partial charge in [0, 0.05) is 0 Å². The molecule has 0 nitrogen and oxygen atoms in total. The summed E-state index contributed by atoms with van der Waals surface area (Å²) in [4.78, 5) is 0. The highest BCUT2D eigenvalue weighted by Crippen LogP contribution is 2.20. The van der Waals surface area contributed by atoms with Gasteiger partial charge in [0.2, 0.25) is 0 Å². The summed E-state index contributed by atoms with van der Waals surface area (Å²) in [5.74, 6) is 0.877. The van der Waals surface area contributed by atoms with Crippen LogP contribution in [0.3, 0.4) is 0 Å². The average molecular weight is 215 g/mol. The monoisotopic (exact) mass is 214 g/mol. The van der Waals surface area contributed by atoms with Crippen LogP contribution < -0.4 is 0 Å². The summed E-state index contributed by atoms with van der Waals surface area (Å²) >= 11 is 6.26. The summed E-state index contributed by atoms with van der Waals surface area (Å²) in [5.41, 5.74) is 3.06. The lowest BCUT2D eigenvalue weighted by atomic mass is 9.92. The lowest BCUT2D eigenvalue weighted by Gasteiger charge is -2.15. The minimum absolute atomic E-state index is 0.672. The fraction of sp³-hybridized carbons (Fsp3) is 0.727. The molecule has 0 N–H and O–H groups in total. The molecule has 13 heavy (non-hydrogen) atoms. The lowest BCUT2D eigenvalue weighted by Crippen LogP contribution is -2.08. The second-order valence-electron chi connectivity index (χ2n) is 4.13. The van der Waals surface area contributed by atoms with Gasteiger partial charge in [0.05, 0.1) is 0 Å². The summed E-state index contributed by atoms with van der Waals surface area (Å²) in [6.45, 7) is 4.44. The van der Waals surface area contributed by atoms with Crippen molar-refractivity contribution in [1.82, 2.24) is 0 Å². The minimum atomic E-state index is -0.682. The Bertz CT molecular complexity index is 206. The second-order valence-corrected chi connectivity index (χ2v) is 7.77. The van der Waals surface area contributed by atoms with Crippen LogP contribution >= 0.6 is 11.1 Å². The maximum Gasteiger partial charge on any atom is 0.123 e. The number of rotatable bonds is 3. The molecule has 0 aromatic rings. The summed E-state index contributed by atoms with van der Waals surface area (Å²) < 4.78 is 0. The second kappa shape index (κ2) is 5.76. The van der Waals surface area contributed by atoms with E-state index in [1.807, 2.05) is 0 Å². The number of halogens is 1. The van der Waals surface area contributed by atoms with Crippen molar-refractivity contribution >= 4 is 24.5 Å². The Morgan fingerprint density at radius 1 is 1.54 bits per heavy atom. The normalized spacial score (nSPS) is 24.0. The van der Waals surface area contributed by atoms with Crippen LogP contribution in [0.25, 0.3) is 0 Å². The minimum Gasteiger partial charge on any atom is -0.139 e. The Kier molecular flexibility index (Phi) is 4.96. The van der Waals surface area contributed by atoms with Crippen LogP contribution in [0.2, 0.25) is 5.54 Å². The van der Waals surface area contributed by atoms with Crippen molar-refractivity contribution in [3.63, 3.8) is 0 Å². The largest absolute Gasteiger partial charge is 0.139 e. The average Bonchev–Trinajstić information content (AvgIpc) is 2.15. The smallest absolute Gasteiger partial charge is 0.123 e. The van der Waals surface area contributed by atoms with Gasteiger partial charge in [-0.3, -0.25) is 0 Å². The van der Waals surface area contributed by atoms with E-state index in [9.17, 15) is 0 Å². The Labute approximate surface area is 87.9 Å². The van der Waals surface area contributed by atoms with E-state index in [2.05, 4.69) is 31.7 Å². The van der Waals surface area contributed by atoms with Gasteiger partial charge < -0.3 is 0 Å². The molecule has 0 aliphatic heterocycles. The molecule has 1 aliphatic carbocycles. The van der Waals surface area contributed by atoms with Crippen LogP contribution in [0.15, 0.2) is 12.2 Å². The van der Waals surface area contributed by atoms with Gasteiger partial charge in [0.1, 0.15) is 7.72 Å². The molecule has 0 spiro atoms. The van der Waals surface area contributed by atoms with Gasteiger partial charge in [-0.05, 0) is 37.1 Å². The molecule has 0 radical (unpaired) electrons. The van der Waals surface area contributed by atoms with E-state index in [4.69, 9.17) is 11.1 Å². The molecule has 1 unspecified atom stereocenters. The van der Waals surface area contributed by atoms with Crippen LogP contribution in [-0.4, -0.2) is 13.4 Å². The first-order valence-corrected chi connectivity index (χ1v) is 7.87. The number of allylic oxidation sites excluding steroid dienone is 2. The van der Waals surface area contributed by atoms with Crippen LogP contribution in [0.4, 0.5) is 0 Å².